The zero-order chi connectivity index (χ0) is 28.3. The van der Waals surface area contributed by atoms with Gasteiger partial charge in [0.25, 0.3) is 0 Å². The van der Waals surface area contributed by atoms with Gasteiger partial charge in [-0.05, 0) is 43.3 Å². The van der Waals surface area contributed by atoms with Gasteiger partial charge in [0.15, 0.2) is 17.5 Å². The van der Waals surface area contributed by atoms with Gasteiger partial charge in [-0.15, -0.1) is 0 Å². The van der Waals surface area contributed by atoms with Crippen LogP contribution in [0.5, 0.6) is 0 Å². The third-order valence-corrected chi connectivity index (χ3v) is 10.0. The summed E-state index contributed by atoms with van der Waals surface area (Å²) in [6.45, 7) is 10.8. The normalized spacial score (nSPS) is 40.7. The van der Waals surface area contributed by atoms with E-state index in [1.807, 2.05) is 27.7 Å². The zero-order valence-electron chi connectivity index (χ0n) is 23.6. The number of ether oxygens (including phenoxy) is 2. The van der Waals surface area contributed by atoms with Crippen molar-refractivity contribution in [2.75, 3.05) is 6.61 Å². The van der Waals surface area contributed by atoms with Gasteiger partial charge < -0.3 is 24.8 Å². The van der Waals surface area contributed by atoms with E-state index >= 15 is 0 Å². The third kappa shape index (κ3) is 3.77. The molecule has 0 heterocycles. The summed E-state index contributed by atoms with van der Waals surface area (Å²) in [5.74, 6) is -2.89. The van der Waals surface area contributed by atoms with Gasteiger partial charge in [0, 0.05) is 30.1 Å². The lowest BCUT2D eigenvalue weighted by Crippen LogP contribution is -2.66. The van der Waals surface area contributed by atoms with E-state index in [0.717, 1.165) is 19.3 Å². The lowest BCUT2D eigenvalue weighted by atomic mass is 9.59. The lowest BCUT2D eigenvalue weighted by Gasteiger charge is -2.49. The van der Waals surface area contributed by atoms with Gasteiger partial charge in [0.2, 0.25) is 0 Å². The van der Waals surface area contributed by atoms with Crippen molar-refractivity contribution >= 4 is 17.7 Å². The van der Waals surface area contributed by atoms with Gasteiger partial charge in [-0.3, -0.25) is 14.4 Å². The first kappa shape index (κ1) is 29.0. The Bertz CT molecular complexity index is 1060. The maximum atomic E-state index is 14.6. The number of fused-ring (bicyclic) bond motifs is 3. The van der Waals surface area contributed by atoms with Gasteiger partial charge in [-0.25, -0.2) is 0 Å². The second-order valence-electron chi connectivity index (χ2n) is 12.5. The van der Waals surface area contributed by atoms with Crippen LogP contribution in [0.4, 0.5) is 0 Å². The summed E-state index contributed by atoms with van der Waals surface area (Å²) in [5, 5.41) is 34.3. The number of hydrogen-bond donors (Lipinski definition) is 3. The van der Waals surface area contributed by atoms with Crippen LogP contribution >= 0.6 is 0 Å². The second kappa shape index (κ2) is 9.86. The molecule has 4 aliphatic rings. The van der Waals surface area contributed by atoms with E-state index in [-0.39, 0.29) is 29.7 Å². The first-order valence-electron chi connectivity index (χ1n) is 14.2. The first-order valence-corrected chi connectivity index (χ1v) is 14.2. The highest BCUT2D eigenvalue weighted by molar-refractivity contribution is 5.96. The fourth-order valence-corrected chi connectivity index (χ4v) is 8.06. The van der Waals surface area contributed by atoms with E-state index in [4.69, 9.17) is 9.47 Å². The maximum absolute atomic E-state index is 14.6. The fraction of sp³-hybridized carbons (Fsp3) is 0.767. The summed E-state index contributed by atoms with van der Waals surface area (Å²) < 4.78 is 12.0. The number of rotatable bonds is 9. The molecule has 0 aromatic rings. The van der Waals surface area contributed by atoms with E-state index < -0.39 is 58.7 Å². The van der Waals surface area contributed by atoms with Crippen molar-refractivity contribution in [3.8, 4) is 0 Å². The molecule has 0 aromatic heterocycles. The highest BCUT2D eigenvalue weighted by atomic mass is 16.6. The molecular formula is C30H44O8. The molecule has 0 aliphatic heterocycles. The topological polar surface area (TPSA) is 130 Å². The van der Waals surface area contributed by atoms with Gasteiger partial charge in [-0.1, -0.05) is 59.6 Å². The number of carbonyl (C=O) groups is 3. The number of ketones is 1. The Morgan fingerprint density at radius 1 is 1.11 bits per heavy atom. The Hall–Kier alpha value is -2.03. The summed E-state index contributed by atoms with van der Waals surface area (Å²) in [6, 6.07) is 0. The third-order valence-electron chi connectivity index (χ3n) is 10.0. The fourth-order valence-electron chi connectivity index (χ4n) is 8.06. The van der Waals surface area contributed by atoms with Crippen LogP contribution in [0, 0.1) is 28.6 Å². The number of allylic oxidation sites excluding steroid dienone is 1. The molecule has 0 amide bonds. The Labute approximate surface area is 225 Å². The molecule has 0 saturated heterocycles. The Kier molecular flexibility index (Phi) is 7.52. The van der Waals surface area contributed by atoms with Crippen molar-refractivity contribution in [3.63, 3.8) is 0 Å². The van der Waals surface area contributed by atoms with Crippen LogP contribution in [0.25, 0.3) is 0 Å². The van der Waals surface area contributed by atoms with Crippen molar-refractivity contribution in [2.24, 2.45) is 28.6 Å². The largest absolute Gasteiger partial charge is 0.458 e. The molecule has 38 heavy (non-hydrogen) atoms. The van der Waals surface area contributed by atoms with Crippen molar-refractivity contribution in [1.82, 2.24) is 0 Å². The SMILES string of the molecule is CCCCCC(=O)O[C@@]12CC(C)C34C=C(C)[C@H](OC(=O)CCC)[C@@]3(O)[C@H](O)C(CO)=C[C@H](C4=O)[C@@H]1C2(C)C. The van der Waals surface area contributed by atoms with Crippen LogP contribution in [-0.2, 0) is 23.9 Å². The highest BCUT2D eigenvalue weighted by Gasteiger charge is 2.83. The van der Waals surface area contributed by atoms with Crippen LogP contribution in [0.1, 0.15) is 86.5 Å². The zero-order valence-corrected chi connectivity index (χ0v) is 23.6. The number of unbranched alkanes of at least 4 members (excludes halogenated alkanes) is 2. The van der Waals surface area contributed by atoms with Crippen molar-refractivity contribution in [3.05, 3.63) is 23.3 Å². The van der Waals surface area contributed by atoms with Crippen LogP contribution in [0.15, 0.2) is 23.3 Å². The lowest BCUT2D eigenvalue weighted by molar-refractivity contribution is -0.204. The van der Waals surface area contributed by atoms with Crippen molar-refractivity contribution in [1.29, 1.82) is 0 Å². The number of hydrogen-bond acceptors (Lipinski definition) is 8. The smallest absolute Gasteiger partial charge is 0.306 e. The predicted octanol–water partition coefficient (Wildman–Crippen LogP) is 3.41. The minimum Gasteiger partial charge on any atom is -0.458 e. The number of esters is 2. The summed E-state index contributed by atoms with van der Waals surface area (Å²) in [7, 11) is 0. The maximum Gasteiger partial charge on any atom is 0.306 e. The monoisotopic (exact) mass is 532 g/mol. The van der Waals surface area contributed by atoms with Crippen molar-refractivity contribution in [2.45, 2.75) is 110 Å². The average molecular weight is 533 g/mol. The Balaban J connectivity index is 1.84. The van der Waals surface area contributed by atoms with Gasteiger partial charge in [0.1, 0.15) is 11.7 Å². The molecule has 2 fully saturated rings. The van der Waals surface area contributed by atoms with Crippen LogP contribution in [0.3, 0.4) is 0 Å². The van der Waals surface area contributed by atoms with E-state index in [9.17, 15) is 29.7 Å². The molecule has 2 saturated carbocycles. The molecule has 212 valence electrons. The summed E-state index contributed by atoms with van der Waals surface area (Å²) in [6.07, 6.45) is 4.25. The van der Waals surface area contributed by atoms with Crippen LogP contribution in [-0.4, -0.2) is 63.1 Å². The quantitative estimate of drug-likeness (QED) is 0.234. The van der Waals surface area contributed by atoms with Gasteiger partial charge in [-0.2, -0.15) is 0 Å². The summed E-state index contributed by atoms with van der Waals surface area (Å²) >= 11 is 0. The molecule has 0 radical (unpaired) electrons. The van der Waals surface area contributed by atoms with Gasteiger partial charge in [0.05, 0.1) is 12.0 Å². The molecule has 8 heteroatoms. The predicted molar refractivity (Wildman–Crippen MR) is 140 cm³/mol. The molecule has 1 spiro atoms. The van der Waals surface area contributed by atoms with E-state index in [0.29, 0.717) is 24.8 Å². The van der Waals surface area contributed by atoms with Crippen LogP contribution in [0.2, 0.25) is 0 Å². The number of aliphatic hydroxyl groups excluding tert-OH is 2. The average Bonchev–Trinajstić information content (AvgIpc) is 3.24. The molecule has 2 bridgehead atoms. The Morgan fingerprint density at radius 2 is 1.79 bits per heavy atom. The molecule has 3 N–H and O–H groups in total. The van der Waals surface area contributed by atoms with Crippen molar-refractivity contribution < 1.29 is 39.2 Å². The Morgan fingerprint density at radius 3 is 2.39 bits per heavy atom. The standard InChI is InChI=1S/C30H44O8/c1-7-9-10-12-22(33)38-29-15-18(4)28-14-17(3)26(37-21(32)11-8-2)30(28,36)24(34)19(16-31)13-20(25(28)35)23(29)27(29,5)6/h13-14,18,20,23-24,26,31,34,36H,7-12,15-16H2,1-6H3/t18?,20-,23+,24+,26-,28?,29-,30-/m0/s1. The summed E-state index contributed by atoms with van der Waals surface area (Å²) in [4.78, 5) is 40.2. The molecular weight excluding hydrogens is 488 g/mol. The molecule has 4 aliphatic carbocycles. The molecule has 4 rings (SSSR count). The van der Waals surface area contributed by atoms with E-state index in [2.05, 4.69) is 6.92 Å². The minimum absolute atomic E-state index is 0.104. The molecule has 2 unspecified atom stereocenters. The first-order chi connectivity index (χ1) is 17.8. The number of Topliss-reactive ketones (excluding diaryl/α,β-unsaturated/α-hetero) is 1. The highest BCUT2D eigenvalue weighted by Crippen LogP contribution is 2.75. The van der Waals surface area contributed by atoms with E-state index in [1.165, 1.54) is 0 Å². The minimum atomic E-state index is -2.21. The molecule has 8 atom stereocenters. The molecule has 8 nitrogen and oxygen atoms in total. The van der Waals surface area contributed by atoms with Crippen LogP contribution < -0.4 is 0 Å². The van der Waals surface area contributed by atoms with Gasteiger partial charge >= 0.3 is 11.9 Å². The van der Waals surface area contributed by atoms with E-state index in [1.54, 1.807) is 19.1 Å². The molecule has 0 aromatic carbocycles. The number of aliphatic hydroxyl groups is 3. The summed E-state index contributed by atoms with van der Waals surface area (Å²) in [5.41, 5.74) is -4.69. The second-order valence-corrected chi connectivity index (χ2v) is 12.5. The number of carbonyl (C=O) groups excluding carboxylic acids is 3.